The molecule has 0 N–H and O–H groups in total. The zero-order valence-electron chi connectivity index (χ0n) is 25.3. The summed E-state index contributed by atoms with van der Waals surface area (Å²) in [6.07, 6.45) is 16.0. The third kappa shape index (κ3) is 8.05. The van der Waals surface area contributed by atoms with E-state index in [1.807, 2.05) is 17.5 Å². The minimum atomic E-state index is 0.932. The molecule has 218 valence electrons. The fraction of sp³-hybridized carbons (Fsp3) is 0.368. The highest BCUT2D eigenvalue weighted by atomic mass is 32.1. The van der Waals surface area contributed by atoms with Gasteiger partial charge in [0.25, 0.3) is 0 Å². The number of hydrogen-bond acceptors (Lipinski definition) is 4. The Labute approximate surface area is 260 Å². The van der Waals surface area contributed by atoms with Crippen molar-refractivity contribution in [2.75, 3.05) is 6.54 Å². The molecule has 0 spiro atoms. The molecule has 2 aromatic carbocycles. The summed E-state index contributed by atoms with van der Waals surface area (Å²) in [5.41, 5.74) is 9.02. The van der Waals surface area contributed by atoms with E-state index in [0.717, 1.165) is 18.7 Å². The lowest BCUT2D eigenvalue weighted by Crippen LogP contribution is -2.11. The largest absolute Gasteiger partial charge is 0.284 e. The van der Waals surface area contributed by atoms with Crippen molar-refractivity contribution >= 4 is 38.5 Å². The summed E-state index contributed by atoms with van der Waals surface area (Å²) in [5.74, 6) is 0. The number of aromatic nitrogens is 1. The molecule has 3 aromatic heterocycles. The first-order chi connectivity index (χ1) is 20.8. The van der Waals surface area contributed by atoms with E-state index in [1.165, 1.54) is 113 Å². The normalized spacial score (nSPS) is 12.5. The number of rotatable bonds is 12. The Morgan fingerprint density at radius 3 is 1.95 bits per heavy atom. The molecule has 0 saturated carbocycles. The van der Waals surface area contributed by atoms with Crippen LogP contribution in [-0.4, -0.2) is 17.2 Å². The Balaban J connectivity index is 0.000000168. The van der Waals surface area contributed by atoms with Crippen LogP contribution in [0.3, 0.4) is 0 Å². The van der Waals surface area contributed by atoms with E-state index in [4.69, 9.17) is 4.99 Å². The summed E-state index contributed by atoms with van der Waals surface area (Å²) < 4.78 is 1.31. The van der Waals surface area contributed by atoms with Crippen LogP contribution in [-0.2, 0) is 19.3 Å². The first-order valence-corrected chi connectivity index (χ1v) is 17.6. The van der Waals surface area contributed by atoms with Gasteiger partial charge < -0.3 is 0 Å². The Morgan fingerprint density at radius 2 is 1.29 bits per heavy atom. The Hall–Kier alpha value is -3.08. The summed E-state index contributed by atoms with van der Waals surface area (Å²) in [4.78, 5) is 10.8. The first kappa shape index (κ1) is 30.4. The van der Waals surface area contributed by atoms with Gasteiger partial charge >= 0.3 is 0 Å². The van der Waals surface area contributed by atoms with Gasteiger partial charge in [-0.2, -0.15) is 0 Å². The summed E-state index contributed by atoms with van der Waals surface area (Å²) in [6.45, 7) is 5.45. The maximum Gasteiger partial charge on any atom is 0.0788 e. The minimum absolute atomic E-state index is 0.932. The molecule has 0 unspecified atom stereocenters. The zero-order valence-corrected chi connectivity index (χ0v) is 26.9. The highest BCUT2D eigenvalue weighted by Gasteiger charge is 2.16. The SMILES string of the molecule is CCCCCCc1ccc(-c2nccc3sccc23)cc1.CCCCCCc1ccc(C2=NCCc3sccc32)cc1. The van der Waals surface area contributed by atoms with Gasteiger partial charge in [0.2, 0.25) is 0 Å². The van der Waals surface area contributed by atoms with Crippen LogP contribution in [0, 0.1) is 0 Å². The number of unbranched alkanes of at least 4 members (excludes halogenated alkanes) is 6. The monoisotopic (exact) mass is 592 g/mol. The van der Waals surface area contributed by atoms with Gasteiger partial charge in [-0.25, -0.2) is 0 Å². The average molecular weight is 593 g/mol. The molecule has 2 nitrogen and oxygen atoms in total. The van der Waals surface area contributed by atoms with Gasteiger partial charge in [0.15, 0.2) is 0 Å². The predicted octanol–water partition coefficient (Wildman–Crippen LogP) is 11.4. The van der Waals surface area contributed by atoms with Gasteiger partial charge in [0.1, 0.15) is 0 Å². The van der Waals surface area contributed by atoms with Crippen LogP contribution in [0.2, 0.25) is 0 Å². The molecule has 1 aliphatic heterocycles. The summed E-state index contributed by atoms with van der Waals surface area (Å²) in [6, 6.07) is 24.5. The number of nitrogens with zero attached hydrogens (tertiary/aromatic N) is 2. The maximum atomic E-state index is 4.75. The predicted molar refractivity (Wildman–Crippen MR) is 186 cm³/mol. The van der Waals surface area contributed by atoms with Crippen molar-refractivity contribution in [3.8, 4) is 11.3 Å². The van der Waals surface area contributed by atoms with Crippen LogP contribution >= 0.6 is 22.7 Å². The Kier molecular flexibility index (Phi) is 11.5. The molecule has 5 aromatic rings. The van der Waals surface area contributed by atoms with Crippen LogP contribution in [0.4, 0.5) is 0 Å². The topological polar surface area (TPSA) is 25.2 Å². The fourth-order valence-electron chi connectivity index (χ4n) is 5.64. The summed E-state index contributed by atoms with van der Waals surface area (Å²) in [7, 11) is 0. The van der Waals surface area contributed by atoms with Crippen molar-refractivity contribution in [1.29, 1.82) is 0 Å². The zero-order chi connectivity index (χ0) is 29.0. The van der Waals surface area contributed by atoms with E-state index in [1.54, 1.807) is 11.3 Å². The lowest BCUT2D eigenvalue weighted by atomic mass is 9.97. The molecule has 0 radical (unpaired) electrons. The second-order valence-electron chi connectivity index (χ2n) is 11.2. The molecule has 0 amide bonds. The van der Waals surface area contributed by atoms with E-state index < -0.39 is 0 Å². The third-order valence-electron chi connectivity index (χ3n) is 8.08. The first-order valence-electron chi connectivity index (χ1n) is 15.9. The fourth-order valence-corrected chi connectivity index (χ4v) is 7.29. The molecule has 0 atom stereocenters. The number of aryl methyl sites for hydroxylation is 2. The number of aliphatic imine (C=N–C) groups is 1. The van der Waals surface area contributed by atoms with Crippen molar-refractivity contribution in [3.63, 3.8) is 0 Å². The summed E-state index contributed by atoms with van der Waals surface area (Å²) >= 11 is 3.64. The van der Waals surface area contributed by atoms with E-state index in [0.29, 0.717) is 0 Å². The molecule has 0 aliphatic carbocycles. The second kappa shape index (κ2) is 16.0. The highest BCUT2D eigenvalue weighted by Crippen LogP contribution is 2.30. The van der Waals surface area contributed by atoms with E-state index in [2.05, 4.69) is 96.3 Å². The number of hydrogen-bond donors (Lipinski definition) is 0. The van der Waals surface area contributed by atoms with E-state index in [9.17, 15) is 0 Å². The number of fused-ring (bicyclic) bond motifs is 2. The molecule has 4 heterocycles. The Morgan fingerprint density at radius 1 is 0.643 bits per heavy atom. The molecule has 42 heavy (non-hydrogen) atoms. The molecule has 1 aliphatic rings. The average Bonchev–Trinajstić information content (AvgIpc) is 3.73. The standard InChI is InChI=1S/C19H23NS.C19H21NS/c2*1-2-3-4-5-6-15-7-9-16(10-8-15)19-17-12-14-21-18(17)11-13-20-19/h7-10,12,14H,2-6,11,13H2,1H3;7-14H,2-6H2,1H3. The molecule has 0 saturated heterocycles. The van der Waals surface area contributed by atoms with Gasteiger partial charge in [-0.05, 0) is 65.8 Å². The van der Waals surface area contributed by atoms with Crippen molar-refractivity contribution in [1.82, 2.24) is 4.98 Å². The van der Waals surface area contributed by atoms with Gasteiger partial charge in [-0.1, -0.05) is 101 Å². The van der Waals surface area contributed by atoms with Crippen LogP contribution in [0.15, 0.2) is 88.7 Å². The van der Waals surface area contributed by atoms with E-state index >= 15 is 0 Å². The van der Waals surface area contributed by atoms with Crippen LogP contribution < -0.4 is 0 Å². The lowest BCUT2D eigenvalue weighted by molar-refractivity contribution is 0.667. The highest BCUT2D eigenvalue weighted by molar-refractivity contribution is 7.17. The third-order valence-corrected chi connectivity index (χ3v) is 9.94. The molecule has 0 bridgehead atoms. The molecular formula is C38H44N2S2. The summed E-state index contributed by atoms with van der Waals surface area (Å²) in [5, 5.41) is 5.59. The number of pyridine rings is 1. The van der Waals surface area contributed by atoms with Crippen LogP contribution in [0.5, 0.6) is 0 Å². The van der Waals surface area contributed by atoms with Crippen molar-refractivity contribution < 1.29 is 0 Å². The van der Waals surface area contributed by atoms with Gasteiger partial charge in [0.05, 0.1) is 11.4 Å². The van der Waals surface area contributed by atoms with Crippen LogP contribution in [0.1, 0.15) is 92.3 Å². The molecular weight excluding hydrogens is 549 g/mol. The minimum Gasteiger partial charge on any atom is -0.284 e. The number of thiophene rings is 2. The van der Waals surface area contributed by atoms with Gasteiger partial charge in [-0.3, -0.25) is 9.98 Å². The number of benzene rings is 2. The lowest BCUT2D eigenvalue weighted by Gasteiger charge is -2.13. The molecule has 4 heteroatoms. The van der Waals surface area contributed by atoms with Gasteiger partial charge in [-0.15, -0.1) is 22.7 Å². The van der Waals surface area contributed by atoms with Crippen molar-refractivity contribution in [2.45, 2.75) is 84.5 Å². The smallest absolute Gasteiger partial charge is 0.0788 e. The van der Waals surface area contributed by atoms with Gasteiger partial charge in [0, 0.05) is 50.8 Å². The molecule has 0 fully saturated rings. The molecule has 6 rings (SSSR count). The van der Waals surface area contributed by atoms with Crippen LogP contribution in [0.25, 0.3) is 21.3 Å². The Bertz CT molecular complexity index is 1540. The van der Waals surface area contributed by atoms with E-state index in [-0.39, 0.29) is 0 Å². The van der Waals surface area contributed by atoms with Crippen molar-refractivity contribution in [2.24, 2.45) is 4.99 Å². The maximum absolute atomic E-state index is 4.75. The quantitative estimate of drug-likeness (QED) is 0.132. The van der Waals surface area contributed by atoms with Crippen molar-refractivity contribution in [3.05, 3.63) is 111 Å². The second-order valence-corrected chi connectivity index (χ2v) is 13.2.